The standard InChI is InChI=1S/C9H16N6O4S/c1-6-7(15(16)17)8(14-9(10)13-6)11-4-3-5-12-20(2,18)19/h12H,3-5H2,1-2H3,(H3,10,11,13,14). The molecule has 0 fully saturated rings. The molecule has 0 aliphatic rings. The Bertz CT molecular complexity index is 603. The highest BCUT2D eigenvalue weighted by molar-refractivity contribution is 7.88. The van der Waals surface area contributed by atoms with Crippen molar-refractivity contribution in [1.29, 1.82) is 0 Å². The van der Waals surface area contributed by atoms with Crippen LogP contribution in [0.2, 0.25) is 0 Å². The van der Waals surface area contributed by atoms with E-state index in [2.05, 4.69) is 20.0 Å². The first kappa shape index (κ1) is 16.0. The summed E-state index contributed by atoms with van der Waals surface area (Å²) in [5.74, 6) is -0.0378. The van der Waals surface area contributed by atoms with Gasteiger partial charge in [0.15, 0.2) is 0 Å². The Hall–Kier alpha value is -2.01. The quantitative estimate of drug-likeness (QED) is 0.350. The van der Waals surface area contributed by atoms with Crippen LogP contribution in [0.3, 0.4) is 0 Å². The van der Waals surface area contributed by atoms with E-state index in [1.54, 1.807) is 0 Å². The van der Waals surface area contributed by atoms with Gasteiger partial charge in [-0.15, -0.1) is 0 Å². The van der Waals surface area contributed by atoms with Crippen molar-refractivity contribution in [1.82, 2.24) is 14.7 Å². The lowest BCUT2D eigenvalue weighted by atomic mass is 10.3. The van der Waals surface area contributed by atoms with Crippen LogP contribution in [0.25, 0.3) is 0 Å². The van der Waals surface area contributed by atoms with Crippen molar-refractivity contribution >= 4 is 27.5 Å². The summed E-state index contributed by atoms with van der Waals surface area (Å²) in [7, 11) is -3.24. The van der Waals surface area contributed by atoms with Gasteiger partial charge in [-0.1, -0.05) is 0 Å². The summed E-state index contributed by atoms with van der Waals surface area (Å²) in [5, 5.41) is 13.7. The van der Waals surface area contributed by atoms with E-state index in [-0.39, 0.29) is 29.7 Å². The Morgan fingerprint density at radius 3 is 2.55 bits per heavy atom. The van der Waals surface area contributed by atoms with Gasteiger partial charge < -0.3 is 11.1 Å². The van der Waals surface area contributed by atoms with Crippen LogP contribution in [0.15, 0.2) is 0 Å². The second-order valence-corrected chi connectivity index (χ2v) is 5.90. The number of sulfonamides is 1. The molecule has 0 atom stereocenters. The number of nitrogen functional groups attached to an aromatic ring is 1. The van der Waals surface area contributed by atoms with E-state index in [9.17, 15) is 18.5 Å². The van der Waals surface area contributed by atoms with E-state index in [1.165, 1.54) is 6.92 Å². The SMILES string of the molecule is Cc1nc(N)nc(NCCCNS(C)(=O)=O)c1[N+](=O)[O-]. The van der Waals surface area contributed by atoms with Crippen LogP contribution in [-0.4, -0.2) is 42.7 Å². The zero-order chi connectivity index (χ0) is 15.3. The summed E-state index contributed by atoms with van der Waals surface area (Å²) in [5.41, 5.74) is 5.36. The molecule has 0 saturated carbocycles. The van der Waals surface area contributed by atoms with Crippen molar-refractivity contribution in [3.05, 3.63) is 15.8 Å². The number of aromatic nitrogens is 2. The largest absolute Gasteiger partial charge is 0.368 e. The van der Waals surface area contributed by atoms with E-state index in [1.807, 2.05) is 0 Å². The van der Waals surface area contributed by atoms with E-state index < -0.39 is 14.9 Å². The number of hydrogen-bond acceptors (Lipinski definition) is 8. The Labute approximate surface area is 116 Å². The van der Waals surface area contributed by atoms with Crippen LogP contribution in [0, 0.1) is 17.0 Å². The normalized spacial score (nSPS) is 11.3. The number of aryl methyl sites for hydroxylation is 1. The molecule has 0 bridgehead atoms. The maximum atomic E-state index is 10.9. The monoisotopic (exact) mass is 304 g/mol. The molecule has 1 rings (SSSR count). The summed E-state index contributed by atoms with van der Waals surface area (Å²) < 4.78 is 24.0. The maximum Gasteiger partial charge on any atom is 0.332 e. The third kappa shape index (κ3) is 4.93. The molecule has 1 heterocycles. The molecule has 1 aromatic rings. The lowest BCUT2D eigenvalue weighted by Crippen LogP contribution is -2.24. The van der Waals surface area contributed by atoms with Crippen molar-refractivity contribution < 1.29 is 13.3 Å². The van der Waals surface area contributed by atoms with Gasteiger partial charge in [-0.2, -0.15) is 4.98 Å². The molecule has 20 heavy (non-hydrogen) atoms. The smallest absolute Gasteiger partial charge is 0.332 e. The molecule has 0 amide bonds. The van der Waals surface area contributed by atoms with Crippen LogP contribution in [0.4, 0.5) is 17.5 Å². The predicted octanol–water partition coefficient (Wildman–Crippen LogP) is -0.373. The van der Waals surface area contributed by atoms with Crippen molar-refractivity contribution in [3.63, 3.8) is 0 Å². The van der Waals surface area contributed by atoms with Gasteiger partial charge in [0, 0.05) is 13.1 Å². The summed E-state index contributed by atoms with van der Waals surface area (Å²) in [6, 6.07) is 0. The van der Waals surface area contributed by atoms with Gasteiger partial charge in [-0.3, -0.25) is 10.1 Å². The summed E-state index contributed by atoms with van der Waals surface area (Å²) in [6.45, 7) is 1.99. The van der Waals surface area contributed by atoms with Crippen LogP contribution in [0.1, 0.15) is 12.1 Å². The molecule has 1 aromatic heterocycles. The molecule has 0 radical (unpaired) electrons. The molecular weight excluding hydrogens is 288 g/mol. The Kier molecular flexibility index (Phi) is 5.16. The van der Waals surface area contributed by atoms with E-state index >= 15 is 0 Å². The predicted molar refractivity (Wildman–Crippen MR) is 73.8 cm³/mol. The summed E-state index contributed by atoms with van der Waals surface area (Å²) >= 11 is 0. The molecule has 10 nitrogen and oxygen atoms in total. The zero-order valence-corrected chi connectivity index (χ0v) is 11.9. The van der Waals surface area contributed by atoms with Crippen molar-refractivity contribution in [2.75, 3.05) is 30.4 Å². The zero-order valence-electron chi connectivity index (χ0n) is 11.1. The number of nitrogens with one attached hydrogen (secondary N) is 2. The number of rotatable bonds is 7. The van der Waals surface area contributed by atoms with Crippen LogP contribution in [0.5, 0.6) is 0 Å². The highest BCUT2D eigenvalue weighted by Crippen LogP contribution is 2.25. The van der Waals surface area contributed by atoms with Crippen LogP contribution in [-0.2, 0) is 10.0 Å². The first-order valence-corrected chi connectivity index (χ1v) is 7.57. The van der Waals surface area contributed by atoms with Gasteiger partial charge in [0.25, 0.3) is 0 Å². The van der Waals surface area contributed by atoms with Crippen LogP contribution >= 0.6 is 0 Å². The van der Waals surface area contributed by atoms with Gasteiger partial charge in [0.05, 0.1) is 11.2 Å². The van der Waals surface area contributed by atoms with Crippen molar-refractivity contribution in [2.24, 2.45) is 0 Å². The second-order valence-electron chi connectivity index (χ2n) is 4.07. The molecule has 0 unspecified atom stereocenters. The third-order valence-corrected chi connectivity index (χ3v) is 3.00. The minimum Gasteiger partial charge on any atom is -0.368 e. The lowest BCUT2D eigenvalue weighted by Gasteiger charge is -2.08. The first-order chi connectivity index (χ1) is 9.20. The molecule has 112 valence electrons. The molecular formula is C9H16N6O4S. The number of hydrogen-bond donors (Lipinski definition) is 3. The number of nitrogens with zero attached hydrogens (tertiary/aromatic N) is 3. The van der Waals surface area contributed by atoms with Gasteiger partial charge in [-0.05, 0) is 13.3 Å². The lowest BCUT2D eigenvalue weighted by molar-refractivity contribution is -0.385. The molecule has 0 aromatic carbocycles. The van der Waals surface area contributed by atoms with E-state index in [0.717, 1.165) is 6.26 Å². The Balaban J connectivity index is 2.66. The first-order valence-electron chi connectivity index (χ1n) is 5.67. The van der Waals surface area contributed by atoms with Gasteiger partial charge >= 0.3 is 5.69 Å². The molecule has 0 aliphatic carbocycles. The summed E-state index contributed by atoms with van der Waals surface area (Å²) in [6.07, 6.45) is 1.49. The molecule has 0 spiro atoms. The van der Waals surface area contributed by atoms with Crippen molar-refractivity contribution in [2.45, 2.75) is 13.3 Å². The molecule has 0 aliphatic heterocycles. The average Bonchev–Trinajstić information content (AvgIpc) is 2.25. The minimum absolute atomic E-state index is 0.0272. The highest BCUT2D eigenvalue weighted by Gasteiger charge is 2.20. The fourth-order valence-corrected chi connectivity index (χ4v) is 2.00. The Morgan fingerprint density at radius 2 is 2.00 bits per heavy atom. The number of nitro groups is 1. The number of anilines is 2. The van der Waals surface area contributed by atoms with Gasteiger partial charge in [0.1, 0.15) is 5.69 Å². The topological polar surface area (TPSA) is 153 Å². The average molecular weight is 304 g/mol. The second kappa shape index (κ2) is 6.43. The van der Waals surface area contributed by atoms with E-state index in [0.29, 0.717) is 13.0 Å². The van der Waals surface area contributed by atoms with Crippen LogP contribution < -0.4 is 15.8 Å². The Morgan fingerprint density at radius 1 is 1.35 bits per heavy atom. The fourth-order valence-electron chi connectivity index (χ4n) is 1.48. The molecule has 4 N–H and O–H groups in total. The molecule has 0 saturated heterocycles. The summed E-state index contributed by atoms with van der Waals surface area (Å²) in [4.78, 5) is 17.8. The van der Waals surface area contributed by atoms with Gasteiger partial charge in [0.2, 0.25) is 21.8 Å². The maximum absolute atomic E-state index is 10.9. The van der Waals surface area contributed by atoms with Gasteiger partial charge in [-0.25, -0.2) is 18.1 Å². The van der Waals surface area contributed by atoms with E-state index in [4.69, 9.17) is 5.73 Å². The fraction of sp³-hybridized carbons (Fsp3) is 0.556. The molecule has 11 heteroatoms. The minimum atomic E-state index is -3.24. The number of nitrogens with two attached hydrogens (primary N) is 1. The highest BCUT2D eigenvalue weighted by atomic mass is 32.2. The van der Waals surface area contributed by atoms with Crippen molar-refractivity contribution in [3.8, 4) is 0 Å². The third-order valence-electron chi connectivity index (χ3n) is 2.27.